The van der Waals surface area contributed by atoms with Gasteiger partial charge in [-0.1, -0.05) is 29.2 Å². The van der Waals surface area contributed by atoms with Crippen LogP contribution in [0.5, 0.6) is 0 Å². The number of halogens is 3. The van der Waals surface area contributed by atoms with Gasteiger partial charge in [0.2, 0.25) is 5.91 Å². The number of carbonyl (C=O) groups excluding carboxylic acids is 2. The highest BCUT2D eigenvalue weighted by Crippen LogP contribution is 2.33. The molecule has 132 valence electrons. The van der Waals surface area contributed by atoms with Crippen LogP contribution in [-0.2, 0) is 4.79 Å². The average Bonchev–Trinajstić information content (AvgIpc) is 3.03. The monoisotopic (exact) mass is 387 g/mol. The van der Waals surface area contributed by atoms with E-state index in [4.69, 9.17) is 11.6 Å². The molecule has 1 aliphatic rings. The summed E-state index contributed by atoms with van der Waals surface area (Å²) in [6, 6.07) is 1.98. The van der Waals surface area contributed by atoms with E-state index in [0.29, 0.717) is 5.56 Å². The lowest BCUT2D eigenvalue weighted by atomic mass is 10.00. The van der Waals surface area contributed by atoms with Gasteiger partial charge in [-0.15, -0.1) is 0 Å². The van der Waals surface area contributed by atoms with E-state index >= 15 is 0 Å². The first-order valence-electron chi connectivity index (χ1n) is 7.18. The number of aromatic nitrogens is 1. The van der Waals surface area contributed by atoms with Crippen LogP contribution in [0.3, 0.4) is 0 Å². The van der Waals surface area contributed by atoms with E-state index in [0.717, 1.165) is 23.7 Å². The number of likely N-dealkylation sites (N-methyl/N-ethyl adjacent to an activating group) is 1. The maximum Gasteiger partial charge on any atom is 0.277 e. The zero-order valence-electron chi connectivity index (χ0n) is 12.8. The van der Waals surface area contributed by atoms with E-state index in [1.54, 1.807) is 0 Å². The fourth-order valence-corrected chi connectivity index (χ4v) is 3.76. The largest absolute Gasteiger partial charge is 0.346 e. The summed E-state index contributed by atoms with van der Waals surface area (Å²) >= 11 is 6.56. The quantitative estimate of drug-likeness (QED) is 0.845. The molecule has 1 aromatic carbocycles. The van der Waals surface area contributed by atoms with Crippen molar-refractivity contribution in [2.75, 3.05) is 7.05 Å². The third-order valence-electron chi connectivity index (χ3n) is 4.04. The summed E-state index contributed by atoms with van der Waals surface area (Å²) in [5.41, 5.74) is -0.223. The van der Waals surface area contributed by atoms with Crippen molar-refractivity contribution in [3.63, 3.8) is 0 Å². The highest BCUT2D eigenvalue weighted by Gasteiger charge is 2.40. The number of hydrogen-bond donors (Lipinski definition) is 2. The Bertz CT molecular complexity index is 914. The number of nitrogens with one attached hydrogen (secondary N) is 2. The van der Waals surface area contributed by atoms with Crippen molar-refractivity contribution >= 4 is 34.9 Å². The molecule has 0 unspecified atom stereocenters. The number of hydrogen-bond acceptors (Lipinski definition) is 4. The van der Waals surface area contributed by atoms with Gasteiger partial charge in [0, 0.05) is 13.5 Å². The van der Waals surface area contributed by atoms with Gasteiger partial charge in [0.15, 0.2) is 11.6 Å². The molecule has 2 N–H and O–H groups in total. The zero-order valence-corrected chi connectivity index (χ0v) is 14.4. The number of amides is 2. The molecule has 1 saturated heterocycles. The predicted octanol–water partition coefficient (Wildman–Crippen LogP) is 2.07. The van der Waals surface area contributed by atoms with Crippen molar-refractivity contribution in [3.05, 3.63) is 55.7 Å². The van der Waals surface area contributed by atoms with Crippen molar-refractivity contribution in [1.29, 1.82) is 0 Å². The summed E-state index contributed by atoms with van der Waals surface area (Å²) in [5.74, 6) is -2.91. The van der Waals surface area contributed by atoms with Crippen LogP contribution in [0.1, 0.15) is 27.7 Å². The Morgan fingerprint density at radius 1 is 1.36 bits per heavy atom. The zero-order chi connectivity index (χ0) is 18.3. The predicted molar refractivity (Wildman–Crippen MR) is 87.7 cm³/mol. The Kier molecular flexibility index (Phi) is 4.61. The second-order valence-electron chi connectivity index (χ2n) is 5.58. The van der Waals surface area contributed by atoms with E-state index < -0.39 is 35.2 Å². The first kappa shape index (κ1) is 17.6. The number of nitrogens with zero attached hydrogens (tertiary/aromatic N) is 1. The van der Waals surface area contributed by atoms with Gasteiger partial charge >= 0.3 is 0 Å². The van der Waals surface area contributed by atoms with Crippen LogP contribution in [0.4, 0.5) is 8.78 Å². The van der Waals surface area contributed by atoms with Crippen LogP contribution in [-0.4, -0.2) is 34.2 Å². The van der Waals surface area contributed by atoms with E-state index in [9.17, 15) is 23.2 Å². The van der Waals surface area contributed by atoms with Crippen LogP contribution in [0.25, 0.3) is 0 Å². The van der Waals surface area contributed by atoms with Crippen LogP contribution >= 0.6 is 23.1 Å². The van der Waals surface area contributed by atoms with Gasteiger partial charge in [0.1, 0.15) is 9.90 Å². The Labute approximate surface area is 149 Å². The summed E-state index contributed by atoms with van der Waals surface area (Å²) in [5, 5.41) is 2.41. The van der Waals surface area contributed by atoms with Crippen molar-refractivity contribution in [3.8, 4) is 0 Å². The summed E-state index contributed by atoms with van der Waals surface area (Å²) in [4.78, 5) is 37.1. The second kappa shape index (κ2) is 6.57. The molecular formula is C15H12ClF2N3O3S. The van der Waals surface area contributed by atoms with E-state index in [1.165, 1.54) is 18.0 Å². The molecule has 10 heteroatoms. The summed E-state index contributed by atoms with van der Waals surface area (Å²) in [6.45, 7) is 0. The first-order valence-corrected chi connectivity index (χ1v) is 8.37. The minimum atomic E-state index is -1.04. The van der Waals surface area contributed by atoms with Crippen LogP contribution in [0, 0.1) is 11.6 Å². The van der Waals surface area contributed by atoms with E-state index in [-0.39, 0.29) is 22.2 Å². The van der Waals surface area contributed by atoms with Crippen molar-refractivity contribution < 1.29 is 18.4 Å². The topological polar surface area (TPSA) is 82.3 Å². The Morgan fingerprint density at radius 3 is 2.68 bits per heavy atom. The SMILES string of the molecule is CN1C(=O)C[C@H](NC(=O)c2s[nH]c(=O)c2Cl)[C@H]1c1ccc(F)c(F)c1. The molecular weight excluding hydrogens is 376 g/mol. The molecule has 2 heterocycles. The molecule has 0 aliphatic carbocycles. The van der Waals surface area contributed by atoms with Gasteiger partial charge in [-0.05, 0) is 17.7 Å². The fourth-order valence-electron chi connectivity index (χ4n) is 2.82. The standard InChI is InChI=1S/C15H12ClF2N3O3S/c1-21-10(22)5-9(12(21)6-2-3-7(17)8(18)4-6)19-15(24)13-11(16)14(23)20-25-13/h2-4,9,12H,5H2,1H3,(H,19,24)(H,20,23)/t9-,12+/m0/s1. The van der Waals surface area contributed by atoms with Crippen molar-refractivity contribution in [2.24, 2.45) is 0 Å². The van der Waals surface area contributed by atoms with E-state index in [1.807, 2.05) is 0 Å². The van der Waals surface area contributed by atoms with Crippen molar-refractivity contribution in [2.45, 2.75) is 18.5 Å². The molecule has 0 radical (unpaired) electrons. The molecule has 1 aromatic heterocycles. The fraction of sp³-hybridized carbons (Fsp3) is 0.267. The molecule has 6 nitrogen and oxygen atoms in total. The molecule has 2 amide bonds. The lowest BCUT2D eigenvalue weighted by Crippen LogP contribution is -2.39. The smallest absolute Gasteiger partial charge is 0.277 e. The number of aromatic amines is 1. The van der Waals surface area contributed by atoms with Gasteiger partial charge in [0.05, 0.1) is 12.1 Å². The maximum absolute atomic E-state index is 13.5. The van der Waals surface area contributed by atoms with Crippen LogP contribution in [0.15, 0.2) is 23.0 Å². The van der Waals surface area contributed by atoms with Gasteiger partial charge in [-0.3, -0.25) is 18.8 Å². The average molecular weight is 388 g/mol. The number of rotatable bonds is 3. The maximum atomic E-state index is 13.5. The van der Waals surface area contributed by atoms with Gasteiger partial charge < -0.3 is 10.2 Å². The minimum Gasteiger partial charge on any atom is -0.346 e. The highest BCUT2D eigenvalue weighted by molar-refractivity contribution is 7.08. The molecule has 0 spiro atoms. The minimum absolute atomic E-state index is 0.00212. The number of carbonyl (C=O) groups is 2. The molecule has 0 bridgehead atoms. The number of benzene rings is 1. The van der Waals surface area contributed by atoms with Gasteiger partial charge in [-0.2, -0.15) is 0 Å². The van der Waals surface area contributed by atoms with Gasteiger partial charge in [-0.25, -0.2) is 8.78 Å². The van der Waals surface area contributed by atoms with Crippen molar-refractivity contribution in [1.82, 2.24) is 14.6 Å². The van der Waals surface area contributed by atoms with Gasteiger partial charge in [0.25, 0.3) is 11.5 Å². The highest BCUT2D eigenvalue weighted by atomic mass is 35.5. The molecule has 2 aromatic rings. The molecule has 0 saturated carbocycles. The first-order chi connectivity index (χ1) is 11.8. The molecule has 1 aliphatic heterocycles. The lowest BCUT2D eigenvalue weighted by molar-refractivity contribution is -0.127. The number of H-pyrrole nitrogens is 1. The Hall–Kier alpha value is -2.26. The second-order valence-corrected chi connectivity index (χ2v) is 6.78. The third kappa shape index (κ3) is 3.16. The van der Waals surface area contributed by atoms with Crippen LogP contribution in [0.2, 0.25) is 5.02 Å². The van der Waals surface area contributed by atoms with E-state index in [2.05, 4.69) is 9.69 Å². The molecule has 25 heavy (non-hydrogen) atoms. The molecule has 3 rings (SSSR count). The molecule has 2 atom stereocenters. The third-order valence-corrected chi connectivity index (χ3v) is 5.39. The summed E-state index contributed by atoms with van der Waals surface area (Å²) in [6.07, 6.45) is -0.0111. The summed E-state index contributed by atoms with van der Waals surface area (Å²) < 4.78 is 29.1. The Balaban J connectivity index is 1.89. The lowest BCUT2D eigenvalue weighted by Gasteiger charge is -2.26. The summed E-state index contributed by atoms with van der Waals surface area (Å²) in [7, 11) is 1.52. The number of likely N-dealkylation sites (tertiary alicyclic amines) is 1. The molecule has 1 fully saturated rings. The normalized spacial score (nSPS) is 20.2. The van der Waals surface area contributed by atoms with Crippen LogP contribution < -0.4 is 10.9 Å². The Morgan fingerprint density at radius 2 is 2.08 bits per heavy atom.